The van der Waals surface area contributed by atoms with Crippen LogP contribution in [-0.4, -0.2) is 23.0 Å². The molecule has 90 valence electrons. The molecule has 1 unspecified atom stereocenters. The summed E-state index contributed by atoms with van der Waals surface area (Å²) in [6.07, 6.45) is 3.80. The van der Waals surface area contributed by atoms with E-state index in [0.717, 1.165) is 19.3 Å². The number of carbonyl (C=O) groups excluding carboxylic acids is 1. The first kappa shape index (κ1) is 11.4. The topological polar surface area (TPSA) is 66.4 Å². The Hall–Kier alpha value is -1.06. The zero-order chi connectivity index (χ0) is 11.9. The van der Waals surface area contributed by atoms with Gasteiger partial charge in [-0.25, -0.2) is 0 Å². The summed E-state index contributed by atoms with van der Waals surface area (Å²) in [5, 5.41) is 11.8. The maximum atomic E-state index is 11.8. The van der Waals surface area contributed by atoms with Crippen LogP contribution in [0.25, 0.3) is 0 Å². The van der Waals surface area contributed by atoms with E-state index in [2.05, 4.69) is 19.2 Å². The molecular weight excluding hydrogens is 206 g/mol. The number of amides is 1. The molecule has 4 nitrogen and oxygen atoms in total. The lowest BCUT2D eigenvalue weighted by molar-refractivity contribution is -0.140. The molecule has 2 fully saturated rings. The van der Waals surface area contributed by atoms with E-state index in [1.54, 1.807) is 0 Å². The highest BCUT2D eigenvalue weighted by atomic mass is 16.4. The van der Waals surface area contributed by atoms with Crippen LogP contribution in [0.2, 0.25) is 0 Å². The van der Waals surface area contributed by atoms with Crippen LogP contribution in [-0.2, 0) is 9.59 Å². The SMILES string of the molecule is CC1(C)CCCC1NC(=O)[C@@H]1C[C@@H]1C(=O)O. The molecule has 3 atom stereocenters. The van der Waals surface area contributed by atoms with Crippen molar-refractivity contribution in [1.29, 1.82) is 0 Å². The van der Waals surface area contributed by atoms with Gasteiger partial charge in [0.05, 0.1) is 11.8 Å². The second-order valence-corrected chi connectivity index (χ2v) is 5.73. The quantitative estimate of drug-likeness (QED) is 0.763. The maximum absolute atomic E-state index is 11.8. The molecule has 0 aromatic carbocycles. The minimum absolute atomic E-state index is 0.0626. The summed E-state index contributed by atoms with van der Waals surface area (Å²) in [6.45, 7) is 4.32. The molecule has 0 spiro atoms. The fraction of sp³-hybridized carbons (Fsp3) is 0.833. The van der Waals surface area contributed by atoms with E-state index in [0.29, 0.717) is 6.42 Å². The Balaban J connectivity index is 1.87. The smallest absolute Gasteiger partial charge is 0.307 e. The Morgan fingerprint density at radius 3 is 2.44 bits per heavy atom. The third-order valence-corrected chi connectivity index (χ3v) is 4.02. The highest BCUT2D eigenvalue weighted by Crippen LogP contribution is 2.41. The summed E-state index contributed by atoms with van der Waals surface area (Å²) < 4.78 is 0. The molecule has 0 saturated heterocycles. The summed E-state index contributed by atoms with van der Waals surface area (Å²) in [7, 11) is 0. The Morgan fingerprint density at radius 1 is 1.31 bits per heavy atom. The molecule has 0 bridgehead atoms. The van der Waals surface area contributed by atoms with Crippen molar-refractivity contribution in [1.82, 2.24) is 5.32 Å². The number of nitrogens with one attached hydrogen (secondary N) is 1. The molecule has 2 N–H and O–H groups in total. The van der Waals surface area contributed by atoms with Crippen LogP contribution in [0.15, 0.2) is 0 Å². The number of carbonyl (C=O) groups is 2. The molecule has 0 aromatic heterocycles. The van der Waals surface area contributed by atoms with Gasteiger partial charge < -0.3 is 10.4 Å². The van der Waals surface area contributed by atoms with Crippen LogP contribution in [0.3, 0.4) is 0 Å². The number of carboxylic acid groups (broad SMARTS) is 1. The predicted octanol–water partition coefficient (Wildman–Crippen LogP) is 1.40. The normalized spacial score (nSPS) is 35.8. The molecule has 0 aromatic rings. The zero-order valence-corrected chi connectivity index (χ0v) is 9.82. The molecule has 2 rings (SSSR count). The van der Waals surface area contributed by atoms with Crippen molar-refractivity contribution < 1.29 is 14.7 Å². The number of carboxylic acids is 1. The second kappa shape index (κ2) is 3.75. The van der Waals surface area contributed by atoms with Crippen LogP contribution in [0.5, 0.6) is 0 Å². The molecule has 0 radical (unpaired) electrons. The highest BCUT2D eigenvalue weighted by molar-refractivity contribution is 5.89. The van der Waals surface area contributed by atoms with Crippen molar-refractivity contribution in [3.8, 4) is 0 Å². The predicted molar refractivity (Wildman–Crippen MR) is 58.8 cm³/mol. The van der Waals surface area contributed by atoms with Crippen LogP contribution >= 0.6 is 0 Å². The van der Waals surface area contributed by atoms with Gasteiger partial charge in [-0.1, -0.05) is 20.3 Å². The average Bonchev–Trinajstić information content (AvgIpc) is 2.89. The molecular formula is C12H19NO3. The largest absolute Gasteiger partial charge is 0.481 e. The van der Waals surface area contributed by atoms with Gasteiger partial charge in [0.1, 0.15) is 0 Å². The van der Waals surface area contributed by atoms with Crippen LogP contribution < -0.4 is 5.32 Å². The Morgan fingerprint density at radius 2 is 2.00 bits per heavy atom. The number of hydrogen-bond donors (Lipinski definition) is 2. The Labute approximate surface area is 95.4 Å². The highest BCUT2D eigenvalue weighted by Gasteiger charge is 2.49. The first-order valence-electron chi connectivity index (χ1n) is 5.95. The second-order valence-electron chi connectivity index (χ2n) is 5.73. The zero-order valence-electron chi connectivity index (χ0n) is 9.82. The molecule has 2 saturated carbocycles. The van der Waals surface area contributed by atoms with Crippen molar-refractivity contribution in [3.05, 3.63) is 0 Å². The first-order chi connectivity index (χ1) is 7.42. The van der Waals surface area contributed by atoms with E-state index in [1.165, 1.54) is 0 Å². The summed E-state index contributed by atoms with van der Waals surface area (Å²) in [5.41, 5.74) is 0.156. The van der Waals surface area contributed by atoms with E-state index in [4.69, 9.17) is 5.11 Å². The van der Waals surface area contributed by atoms with Crippen LogP contribution in [0.1, 0.15) is 39.5 Å². The van der Waals surface area contributed by atoms with Gasteiger partial charge >= 0.3 is 5.97 Å². The van der Waals surface area contributed by atoms with Crippen molar-refractivity contribution in [2.45, 2.75) is 45.6 Å². The van der Waals surface area contributed by atoms with E-state index in [9.17, 15) is 9.59 Å². The first-order valence-corrected chi connectivity index (χ1v) is 5.95. The summed E-state index contributed by atoms with van der Waals surface area (Å²) in [6, 6.07) is 0.218. The fourth-order valence-electron chi connectivity index (χ4n) is 2.63. The minimum atomic E-state index is -0.842. The van der Waals surface area contributed by atoms with Crippen LogP contribution in [0.4, 0.5) is 0 Å². The monoisotopic (exact) mass is 225 g/mol. The number of aliphatic carboxylic acids is 1. The van der Waals surface area contributed by atoms with Crippen molar-refractivity contribution in [2.24, 2.45) is 17.3 Å². The molecule has 0 heterocycles. The molecule has 0 aliphatic heterocycles. The Bertz CT molecular complexity index is 324. The van der Waals surface area contributed by atoms with Crippen molar-refractivity contribution in [3.63, 3.8) is 0 Å². The number of rotatable bonds is 3. The third kappa shape index (κ3) is 2.06. The molecule has 2 aliphatic rings. The Kier molecular flexibility index (Phi) is 2.68. The lowest BCUT2D eigenvalue weighted by Gasteiger charge is -2.27. The lowest BCUT2D eigenvalue weighted by Crippen LogP contribution is -2.42. The minimum Gasteiger partial charge on any atom is -0.481 e. The van der Waals surface area contributed by atoms with Gasteiger partial charge in [0.25, 0.3) is 0 Å². The van der Waals surface area contributed by atoms with Gasteiger partial charge in [0.15, 0.2) is 0 Å². The van der Waals surface area contributed by atoms with Crippen molar-refractivity contribution >= 4 is 11.9 Å². The average molecular weight is 225 g/mol. The van der Waals surface area contributed by atoms with Gasteiger partial charge in [0.2, 0.25) is 5.91 Å². The van der Waals surface area contributed by atoms with Crippen molar-refractivity contribution in [2.75, 3.05) is 0 Å². The summed E-state index contributed by atoms with van der Waals surface area (Å²) in [5.74, 6) is -1.63. The fourth-order valence-corrected chi connectivity index (χ4v) is 2.63. The van der Waals surface area contributed by atoms with Crippen LogP contribution in [0, 0.1) is 17.3 Å². The number of hydrogen-bond acceptors (Lipinski definition) is 2. The van der Waals surface area contributed by atoms with E-state index < -0.39 is 11.9 Å². The lowest BCUT2D eigenvalue weighted by atomic mass is 9.87. The third-order valence-electron chi connectivity index (χ3n) is 4.02. The summed E-state index contributed by atoms with van der Waals surface area (Å²) in [4.78, 5) is 22.5. The van der Waals surface area contributed by atoms with Gasteiger partial charge in [-0.15, -0.1) is 0 Å². The maximum Gasteiger partial charge on any atom is 0.307 e. The van der Waals surface area contributed by atoms with Gasteiger partial charge in [-0.2, -0.15) is 0 Å². The molecule has 16 heavy (non-hydrogen) atoms. The van der Waals surface area contributed by atoms with Gasteiger partial charge in [0, 0.05) is 6.04 Å². The standard InChI is InChI=1S/C12H19NO3/c1-12(2)5-3-4-9(12)13-10(14)7-6-8(7)11(15)16/h7-9H,3-6H2,1-2H3,(H,13,14)(H,15,16)/t7-,8+,9?/m1/s1. The molecule has 4 heteroatoms. The van der Waals surface area contributed by atoms with Gasteiger partial charge in [-0.05, 0) is 24.7 Å². The summed E-state index contributed by atoms with van der Waals surface area (Å²) >= 11 is 0. The molecule has 1 amide bonds. The van der Waals surface area contributed by atoms with E-state index in [-0.39, 0.29) is 23.3 Å². The molecule has 2 aliphatic carbocycles. The van der Waals surface area contributed by atoms with E-state index >= 15 is 0 Å². The van der Waals surface area contributed by atoms with E-state index in [1.807, 2.05) is 0 Å². The van der Waals surface area contributed by atoms with Gasteiger partial charge in [-0.3, -0.25) is 9.59 Å².